The number of rotatable bonds is 3. The van der Waals surface area contributed by atoms with Gasteiger partial charge in [-0.15, -0.1) is 0 Å². The van der Waals surface area contributed by atoms with Gasteiger partial charge in [0.1, 0.15) is 11.8 Å². The van der Waals surface area contributed by atoms with Crippen LogP contribution in [0.5, 0.6) is 5.75 Å². The molecule has 2 aromatic rings. The Morgan fingerprint density at radius 1 is 1.35 bits per heavy atom. The molecule has 104 valence electrons. The van der Waals surface area contributed by atoms with E-state index in [1.165, 1.54) is 0 Å². The molecule has 4 heteroatoms. The number of nitriles is 1. The Hall–Kier alpha value is -2.28. The zero-order valence-corrected chi connectivity index (χ0v) is 12.6. The SMILES string of the molecule is COc1cc(C)c(-c2c(C#N)ncn2C)cc1C(C)C. The summed E-state index contributed by atoms with van der Waals surface area (Å²) in [5, 5.41) is 9.21. The van der Waals surface area contributed by atoms with Crippen molar-refractivity contribution >= 4 is 0 Å². The van der Waals surface area contributed by atoms with Crippen LogP contribution in [0.25, 0.3) is 11.3 Å². The quantitative estimate of drug-likeness (QED) is 0.858. The summed E-state index contributed by atoms with van der Waals surface area (Å²) >= 11 is 0. The molecule has 20 heavy (non-hydrogen) atoms. The summed E-state index contributed by atoms with van der Waals surface area (Å²) in [5.41, 5.74) is 4.56. The molecule has 2 rings (SSSR count). The number of methoxy groups -OCH3 is 1. The number of hydrogen-bond donors (Lipinski definition) is 0. The number of aromatic nitrogens is 2. The van der Waals surface area contributed by atoms with Crippen LogP contribution >= 0.6 is 0 Å². The fourth-order valence-corrected chi connectivity index (χ4v) is 2.41. The van der Waals surface area contributed by atoms with Gasteiger partial charge < -0.3 is 9.30 Å². The normalized spacial score (nSPS) is 10.7. The maximum Gasteiger partial charge on any atom is 0.166 e. The standard InChI is InChI=1S/C16H19N3O/c1-10(2)12-7-13(11(3)6-15(12)20-5)16-14(8-17)18-9-19(16)4/h6-7,9-10H,1-5H3. The molecule has 0 radical (unpaired) electrons. The largest absolute Gasteiger partial charge is 0.496 e. The van der Waals surface area contributed by atoms with Gasteiger partial charge in [-0.05, 0) is 36.1 Å². The second kappa shape index (κ2) is 5.38. The maximum absolute atomic E-state index is 9.21. The molecule has 0 unspecified atom stereocenters. The molecule has 0 aliphatic heterocycles. The van der Waals surface area contributed by atoms with Crippen molar-refractivity contribution in [1.29, 1.82) is 5.26 Å². The van der Waals surface area contributed by atoms with Gasteiger partial charge >= 0.3 is 0 Å². The van der Waals surface area contributed by atoms with Crippen molar-refractivity contribution in [2.45, 2.75) is 26.7 Å². The summed E-state index contributed by atoms with van der Waals surface area (Å²) in [6.07, 6.45) is 1.67. The molecular formula is C16H19N3O. The number of nitrogens with zero attached hydrogens (tertiary/aromatic N) is 3. The highest BCUT2D eigenvalue weighted by molar-refractivity contribution is 5.71. The minimum atomic E-state index is 0.350. The lowest BCUT2D eigenvalue weighted by Crippen LogP contribution is -2.00. The molecule has 4 nitrogen and oxygen atoms in total. The van der Waals surface area contributed by atoms with Crippen molar-refractivity contribution in [3.8, 4) is 23.1 Å². The average Bonchev–Trinajstić information content (AvgIpc) is 2.79. The summed E-state index contributed by atoms with van der Waals surface area (Å²) in [6.45, 7) is 6.28. The number of benzene rings is 1. The fourth-order valence-electron chi connectivity index (χ4n) is 2.41. The Morgan fingerprint density at radius 3 is 2.60 bits per heavy atom. The van der Waals surface area contributed by atoms with Crippen molar-refractivity contribution in [1.82, 2.24) is 9.55 Å². The van der Waals surface area contributed by atoms with E-state index in [4.69, 9.17) is 4.74 Å². The van der Waals surface area contributed by atoms with Crippen LogP contribution in [-0.2, 0) is 7.05 Å². The first kappa shape index (κ1) is 14.1. The second-order valence-corrected chi connectivity index (χ2v) is 5.23. The molecule has 0 N–H and O–H groups in total. The minimum Gasteiger partial charge on any atom is -0.496 e. The Bertz CT molecular complexity index is 678. The number of imidazole rings is 1. The third kappa shape index (κ3) is 2.27. The smallest absolute Gasteiger partial charge is 0.166 e. The Kier molecular flexibility index (Phi) is 3.80. The zero-order valence-electron chi connectivity index (χ0n) is 12.6. The molecule has 0 spiro atoms. The Morgan fingerprint density at radius 2 is 2.05 bits per heavy atom. The van der Waals surface area contributed by atoms with Crippen molar-refractivity contribution in [2.24, 2.45) is 7.05 Å². The summed E-state index contributed by atoms with van der Waals surface area (Å²) in [5.74, 6) is 1.24. The third-order valence-electron chi connectivity index (χ3n) is 3.50. The van der Waals surface area contributed by atoms with Crippen molar-refractivity contribution in [2.75, 3.05) is 7.11 Å². The minimum absolute atomic E-state index is 0.350. The first-order valence-corrected chi connectivity index (χ1v) is 6.59. The highest BCUT2D eigenvalue weighted by Gasteiger charge is 2.17. The highest BCUT2D eigenvalue weighted by atomic mass is 16.5. The van der Waals surface area contributed by atoms with E-state index in [0.717, 1.165) is 28.1 Å². The van der Waals surface area contributed by atoms with Crippen LogP contribution in [0.3, 0.4) is 0 Å². The highest BCUT2D eigenvalue weighted by Crippen LogP contribution is 2.35. The van der Waals surface area contributed by atoms with E-state index in [9.17, 15) is 5.26 Å². The van der Waals surface area contributed by atoms with E-state index >= 15 is 0 Å². The van der Waals surface area contributed by atoms with Gasteiger partial charge in [0.2, 0.25) is 0 Å². The molecule has 0 atom stereocenters. The van der Waals surface area contributed by atoms with Gasteiger partial charge in [-0.3, -0.25) is 0 Å². The predicted octanol–water partition coefficient (Wildman–Crippen LogP) is 3.40. The van der Waals surface area contributed by atoms with Gasteiger partial charge in [-0.25, -0.2) is 4.98 Å². The molecule has 1 aromatic carbocycles. The molecule has 0 aliphatic rings. The first-order valence-electron chi connectivity index (χ1n) is 6.59. The van der Waals surface area contributed by atoms with Crippen LogP contribution in [0.15, 0.2) is 18.5 Å². The van der Waals surface area contributed by atoms with E-state index in [2.05, 4.69) is 31.0 Å². The number of hydrogen-bond acceptors (Lipinski definition) is 3. The van der Waals surface area contributed by atoms with E-state index in [1.54, 1.807) is 13.4 Å². The molecule has 0 amide bonds. The van der Waals surface area contributed by atoms with E-state index < -0.39 is 0 Å². The predicted molar refractivity (Wildman–Crippen MR) is 78.7 cm³/mol. The zero-order chi connectivity index (χ0) is 14.9. The molecule has 0 saturated carbocycles. The second-order valence-electron chi connectivity index (χ2n) is 5.23. The summed E-state index contributed by atoms with van der Waals surface area (Å²) in [6, 6.07) is 6.29. The summed E-state index contributed by atoms with van der Waals surface area (Å²) in [4.78, 5) is 4.14. The number of ether oxygens (including phenoxy) is 1. The van der Waals surface area contributed by atoms with E-state index in [0.29, 0.717) is 11.6 Å². The summed E-state index contributed by atoms with van der Waals surface area (Å²) in [7, 11) is 3.59. The van der Waals surface area contributed by atoms with Gasteiger partial charge in [-0.1, -0.05) is 13.8 Å². The lowest BCUT2D eigenvalue weighted by molar-refractivity contribution is 0.407. The fraction of sp³-hybridized carbons (Fsp3) is 0.375. The van der Waals surface area contributed by atoms with Crippen molar-refractivity contribution < 1.29 is 4.74 Å². The molecule has 0 saturated heterocycles. The van der Waals surface area contributed by atoms with Gasteiger partial charge in [0, 0.05) is 12.6 Å². The van der Waals surface area contributed by atoms with Crippen LogP contribution in [0, 0.1) is 18.3 Å². The Balaban J connectivity index is 2.72. The van der Waals surface area contributed by atoms with Gasteiger partial charge in [0.15, 0.2) is 5.69 Å². The van der Waals surface area contributed by atoms with Crippen LogP contribution in [-0.4, -0.2) is 16.7 Å². The maximum atomic E-state index is 9.21. The lowest BCUT2D eigenvalue weighted by atomic mass is 9.94. The van der Waals surface area contributed by atoms with E-state index in [1.807, 2.05) is 24.6 Å². The first-order chi connectivity index (χ1) is 9.49. The topological polar surface area (TPSA) is 50.8 Å². The van der Waals surface area contributed by atoms with Crippen LogP contribution in [0.2, 0.25) is 0 Å². The molecule has 0 fully saturated rings. The third-order valence-corrected chi connectivity index (χ3v) is 3.50. The molecule has 0 aliphatic carbocycles. The van der Waals surface area contributed by atoms with Crippen molar-refractivity contribution in [3.05, 3.63) is 35.3 Å². The van der Waals surface area contributed by atoms with Gasteiger partial charge in [-0.2, -0.15) is 5.26 Å². The lowest BCUT2D eigenvalue weighted by Gasteiger charge is -2.16. The van der Waals surface area contributed by atoms with Gasteiger partial charge in [0.25, 0.3) is 0 Å². The molecule has 0 bridgehead atoms. The van der Waals surface area contributed by atoms with Crippen LogP contribution in [0.4, 0.5) is 0 Å². The molecule has 1 aromatic heterocycles. The van der Waals surface area contributed by atoms with E-state index in [-0.39, 0.29) is 0 Å². The van der Waals surface area contributed by atoms with Crippen molar-refractivity contribution in [3.63, 3.8) is 0 Å². The average molecular weight is 269 g/mol. The molecule has 1 heterocycles. The number of aryl methyl sites for hydroxylation is 2. The molecular weight excluding hydrogens is 250 g/mol. The monoisotopic (exact) mass is 269 g/mol. The van der Waals surface area contributed by atoms with Crippen LogP contribution in [0.1, 0.15) is 36.6 Å². The Labute approximate surface area is 119 Å². The van der Waals surface area contributed by atoms with Gasteiger partial charge in [0.05, 0.1) is 19.1 Å². The van der Waals surface area contributed by atoms with Crippen LogP contribution < -0.4 is 4.74 Å². The summed E-state index contributed by atoms with van der Waals surface area (Å²) < 4.78 is 7.35.